The van der Waals surface area contributed by atoms with Crippen LogP contribution >= 0.6 is 0 Å². The fourth-order valence-corrected chi connectivity index (χ4v) is 0.511. The molecule has 0 aliphatic heterocycles. The zero-order chi connectivity index (χ0) is 10.7. The van der Waals surface area contributed by atoms with Crippen LogP contribution in [0.3, 0.4) is 0 Å². The lowest BCUT2D eigenvalue weighted by Crippen LogP contribution is -2.05. The van der Waals surface area contributed by atoms with Crippen molar-refractivity contribution in [3.05, 3.63) is 0 Å². The van der Waals surface area contributed by atoms with Crippen molar-refractivity contribution in [2.75, 3.05) is 6.61 Å². The lowest BCUT2D eigenvalue weighted by atomic mass is 10.2. The number of carbonyl (C=O) groups is 3. The Morgan fingerprint density at radius 2 is 1.85 bits per heavy atom. The van der Waals surface area contributed by atoms with Crippen molar-refractivity contribution in [2.45, 2.75) is 26.7 Å². The molecule has 0 saturated heterocycles. The minimum atomic E-state index is -0.294. The average Bonchev–Trinajstić information content (AvgIpc) is 2.03. The zero-order valence-electron chi connectivity index (χ0n) is 7.78. The fraction of sp³-hybridized carbons (Fsp3) is 0.625. The van der Waals surface area contributed by atoms with Gasteiger partial charge in [-0.15, -0.1) is 0 Å². The SMILES string of the molecule is CCOC(=O)CCC(C)=O.O=CO. The van der Waals surface area contributed by atoms with Gasteiger partial charge in [0.25, 0.3) is 6.47 Å². The van der Waals surface area contributed by atoms with Crippen LogP contribution in [0.4, 0.5) is 0 Å². The average molecular weight is 190 g/mol. The Bertz CT molecular complexity index is 164. The van der Waals surface area contributed by atoms with Gasteiger partial charge in [0.15, 0.2) is 0 Å². The topological polar surface area (TPSA) is 80.7 Å². The van der Waals surface area contributed by atoms with Crippen molar-refractivity contribution in [3.63, 3.8) is 0 Å². The second kappa shape index (κ2) is 10.6. The number of esters is 1. The normalized spacial score (nSPS) is 7.85. The van der Waals surface area contributed by atoms with E-state index in [0.29, 0.717) is 13.0 Å². The summed E-state index contributed by atoms with van der Waals surface area (Å²) in [6.45, 7) is 3.33. The maximum atomic E-state index is 10.6. The van der Waals surface area contributed by atoms with Crippen LogP contribution in [-0.2, 0) is 19.1 Å². The highest BCUT2D eigenvalue weighted by molar-refractivity contribution is 5.80. The largest absolute Gasteiger partial charge is 0.483 e. The predicted octanol–water partition coefficient (Wildman–Crippen LogP) is 0.620. The third kappa shape index (κ3) is 18.0. The summed E-state index contributed by atoms with van der Waals surface area (Å²) in [7, 11) is 0. The molecule has 76 valence electrons. The highest BCUT2D eigenvalue weighted by Gasteiger charge is 2.02. The van der Waals surface area contributed by atoms with Crippen molar-refractivity contribution < 1.29 is 24.2 Å². The molecule has 0 rings (SSSR count). The molecule has 0 fully saturated rings. The van der Waals surface area contributed by atoms with E-state index < -0.39 is 0 Å². The van der Waals surface area contributed by atoms with Gasteiger partial charge in [0.1, 0.15) is 5.78 Å². The van der Waals surface area contributed by atoms with Gasteiger partial charge in [0.2, 0.25) is 0 Å². The fourth-order valence-electron chi connectivity index (χ4n) is 0.511. The summed E-state index contributed by atoms with van der Waals surface area (Å²) in [5.74, 6) is -0.272. The summed E-state index contributed by atoms with van der Waals surface area (Å²) < 4.78 is 4.60. The summed E-state index contributed by atoms with van der Waals surface area (Å²) in [6, 6.07) is 0. The Morgan fingerprint density at radius 3 is 2.15 bits per heavy atom. The smallest absolute Gasteiger partial charge is 0.306 e. The first kappa shape index (κ1) is 14.2. The number of carbonyl (C=O) groups excluding carboxylic acids is 2. The molecular weight excluding hydrogens is 176 g/mol. The van der Waals surface area contributed by atoms with Crippen LogP contribution in [0.1, 0.15) is 26.7 Å². The van der Waals surface area contributed by atoms with Crippen LogP contribution in [0, 0.1) is 0 Å². The maximum Gasteiger partial charge on any atom is 0.306 e. The Kier molecular flexibility index (Phi) is 11.6. The number of carboxylic acid groups (broad SMARTS) is 1. The molecule has 0 unspecified atom stereocenters. The summed E-state index contributed by atoms with van der Waals surface area (Å²) in [5.41, 5.74) is 0. The van der Waals surface area contributed by atoms with Gasteiger partial charge in [-0.1, -0.05) is 0 Å². The first-order valence-electron chi connectivity index (χ1n) is 3.81. The molecule has 0 radical (unpaired) electrons. The molecule has 13 heavy (non-hydrogen) atoms. The highest BCUT2D eigenvalue weighted by Crippen LogP contribution is 1.92. The van der Waals surface area contributed by atoms with Gasteiger partial charge in [-0.2, -0.15) is 0 Å². The van der Waals surface area contributed by atoms with Crippen molar-refractivity contribution in [2.24, 2.45) is 0 Å². The van der Waals surface area contributed by atoms with Gasteiger partial charge in [0.05, 0.1) is 13.0 Å². The standard InChI is InChI=1S/C7H12O3.CH2O2/c1-3-10-7(9)5-4-6(2)8;2-1-3/h3-5H2,1-2H3;1H,(H,2,3). The molecule has 0 amide bonds. The molecule has 0 aliphatic rings. The van der Waals surface area contributed by atoms with Gasteiger partial charge >= 0.3 is 5.97 Å². The van der Waals surface area contributed by atoms with Crippen LogP contribution in [0.2, 0.25) is 0 Å². The number of hydrogen-bond donors (Lipinski definition) is 1. The summed E-state index contributed by atoms with van der Waals surface area (Å²) in [5, 5.41) is 6.89. The molecule has 0 spiro atoms. The van der Waals surface area contributed by atoms with E-state index in [9.17, 15) is 9.59 Å². The molecule has 0 aromatic rings. The van der Waals surface area contributed by atoms with Crippen molar-refractivity contribution >= 4 is 18.2 Å². The van der Waals surface area contributed by atoms with Crippen LogP contribution in [0.25, 0.3) is 0 Å². The van der Waals surface area contributed by atoms with Gasteiger partial charge < -0.3 is 14.6 Å². The first-order chi connectivity index (χ1) is 6.08. The number of hydrogen-bond acceptors (Lipinski definition) is 4. The number of Topliss-reactive ketones (excluding diaryl/α,β-unsaturated/α-hetero) is 1. The third-order valence-electron chi connectivity index (χ3n) is 0.987. The van der Waals surface area contributed by atoms with E-state index >= 15 is 0 Å². The van der Waals surface area contributed by atoms with Gasteiger partial charge in [-0.05, 0) is 13.8 Å². The van der Waals surface area contributed by atoms with Crippen LogP contribution in [-0.4, -0.2) is 29.9 Å². The molecule has 0 saturated carbocycles. The Balaban J connectivity index is 0. The summed E-state index contributed by atoms with van der Waals surface area (Å²) >= 11 is 0. The highest BCUT2D eigenvalue weighted by atomic mass is 16.5. The van der Waals surface area contributed by atoms with E-state index in [1.807, 2.05) is 0 Å². The van der Waals surface area contributed by atoms with Gasteiger partial charge in [0, 0.05) is 6.42 Å². The molecule has 5 heteroatoms. The van der Waals surface area contributed by atoms with E-state index in [-0.39, 0.29) is 24.6 Å². The van der Waals surface area contributed by atoms with E-state index in [1.54, 1.807) is 6.92 Å². The number of rotatable bonds is 4. The monoisotopic (exact) mass is 190 g/mol. The molecule has 0 heterocycles. The Labute approximate surface area is 76.7 Å². The molecule has 0 aliphatic carbocycles. The molecule has 0 aromatic heterocycles. The quantitative estimate of drug-likeness (QED) is 0.519. The number of ketones is 1. The van der Waals surface area contributed by atoms with E-state index in [4.69, 9.17) is 9.90 Å². The van der Waals surface area contributed by atoms with Crippen LogP contribution in [0.5, 0.6) is 0 Å². The minimum absolute atomic E-state index is 0.0213. The van der Waals surface area contributed by atoms with Crippen molar-refractivity contribution in [3.8, 4) is 0 Å². The molecule has 0 bridgehead atoms. The molecular formula is C8H14O5. The van der Waals surface area contributed by atoms with Crippen molar-refractivity contribution in [1.29, 1.82) is 0 Å². The van der Waals surface area contributed by atoms with Crippen LogP contribution < -0.4 is 0 Å². The molecule has 1 N–H and O–H groups in total. The summed E-state index contributed by atoms with van der Waals surface area (Å²) in [4.78, 5) is 29.3. The maximum absolute atomic E-state index is 10.6. The number of ether oxygens (including phenoxy) is 1. The second-order valence-corrected chi connectivity index (χ2v) is 2.11. The molecule has 0 aromatic carbocycles. The van der Waals surface area contributed by atoms with Gasteiger partial charge in [-0.25, -0.2) is 0 Å². The van der Waals surface area contributed by atoms with Crippen LogP contribution in [0.15, 0.2) is 0 Å². The minimum Gasteiger partial charge on any atom is -0.483 e. The lowest BCUT2D eigenvalue weighted by molar-refractivity contribution is -0.144. The Hall–Kier alpha value is -1.39. The van der Waals surface area contributed by atoms with E-state index in [1.165, 1.54) is 6.92 Å². The second-order valence-electron chi connectivity index (χ2n) is 2.11. The third-order valence-corrected chi connectivity index (χ3v) is 0.987. The lowest BCUT2D eigenvalue weighted by Gasteiger charge is -1.97. The van der Waals surface area contributed by atoms with E-state index in [2.05, 4.69) is 4.74 Å². The predicted molar refractivity (Wildman–Crippen MR) is 45.2 cm³/mol. The summed E-state index contributed by atoms with van der Waals surface area (Å²) in [6.07, 6.45) is 0.502. The Morgan fingerprint density at radius 1 is 1.38 bits per heavy atom. The van der Waals surface area contributed by atoms with Crippen molar-refractivity contribution in [1.82, 2.24) is 0 Å². The molecule has 5 nitrogen and oxygen atoms in total. The van der Waals surface area contributed by atoms with Gasteiger partial charge in [-0.3, -0.25) is 9.59 Å². The van der Waals surface area contributed by atoms with E-state index in [0.717, 1.165) is 0 Å². The first-order valence-corrected chi connectivity index (χ1v) is 3.81. The zero-order valence-corrected chi connectivity index (χ0v) is 7.78. The molecule has 0 atom stereocenters.